The Kier molecular flexibility index (Phi) is 5.74. The Balaban J connectivity index is 1.76. The molecule has 134 valence electrons. The Morgan fingerprint density at radius 3 is 2.48 bits per heavy atom. The van der Waals surface area contributed by atoms with Crippen LogP contribution in [0.15, 0.2) is 84.1 Å². The normalized spacial score (nSPS) is 11.6. The fourth-order valence-electron chi connectivity index (χ4n) is 2.58. The van der Waals surface area contributed by atoms with E-state index in [9.17, 15) is 4.79 Å². The van der Waals surface area contributed by atoms with Crippen LogP contribution in [-0.2, 0) is 6.54 Å². The number of carbonyl (C=O) groups excluding carboxylic acids is 1. The van der Waals surface area contributed by atoms with Crippen molar-refractivity contribution >= 4 is 17.8 Å². The van der Waals surface area contributed by atoms with E-state index in [1.807, 2.05) is 54.6 Å². The van der Waals surface area contributed by atoms with Crippen molar-refractivity contribution < 1.29 is 4.79 Å². The number of rotatable bonds is 6. The average molecular weight is 356 g/mol. The molecule has 3 rings (SSSR count). The zero-order chi connectivity index (χ0) is 19.1. The third-order valence-electron chi connectivity index (χ3n) is 4.03. The molecule has 0 fully saturated rings. The van der Waals surface area contributed by atoms with Crippen molar-refractivity contribution in [3.8, 4) is 11.1 Å². The maximum atomic E-state index is 11.3. The number of benzene rings is 2. The van der Waals surface area contributed by atoms with Crippen molar-refractivity contribution in [1.82, 2.24) is 4.98 Å². The number of amides is 1. The molecule has 0 saturated carbocycles. The summed E-state index contributed by atoms with van der Waals surface area (Å²) in [5.74, 6) is -0.505. The van der Waals surface area contributed by atoms with E-state index < -0.39 is 5.91 Å². The summed E-state index contributed by atoms with van der Waals surface area (Å²) < 4.78 is 0. The lowest BCUT2D eigenvalue weighted by molar-refractivity contribution is 0.1000. The van der Waals surface area contributed by atoms with Crippen LogP contribution in [0.4, 0.5) is 0 Å². The second-order valence-electron chi connectivity index (χ2n) is 6.00. The van der Waals surface area contributed by atoms with E-state index in [1.54, 1.807) is 24.6 Å². The highest BCUT2D eigenvalue weighted by Gasteiger charge is 2.05. The van der Waals surface area contributed by atoms with Gasteiger partial charge < -0.3 is 11.5 Å². The molecule has 3 aromatic rings. The third kappa shape index (κ3) is 4.89. The standard InChI is InChI=1S/C22H20N4O/c23-21(9-10-25-13-16-5-2-1-3-6-16)18-8-4-7-17(11-18)19-12-20(22(24)27)15-26-14-19/h1-12,14-15H,13,23H2,(H2,24,27). The molecular formula is C22H20N4O. The number of primary amides is 1. The van der Waals surface area contributed by atoms with Crippen LogP contribution < -0.4 is 11.5 Å². The Morgan fingerprint density at radius 1 is 0.926 bits per heavy atom. The van der Waals surface area contributed by atoms with Crippen LogP contribution in [0.1, 0.15) is 21.5 Å². The summed E-state index contributed by atoms with van der Waals surface area (Å²) in [4.78, 5) is 19.8. The molecule has 5 heteroatoms. The van der Waals surface area contributed by atoms with Crippen LogP contribution in [0.2, 0.25) is 0 Å². The van der Waals surface area contributed by atoms with Gasteiger partial charge >= 0.3 is 0 Å². The van der Waals surface area contributed by atoms with Gasteiger partial charge in [-0.05, 0) is 34.9 Å². The molecule has 0 aliphatic rings. The minimum Gasteiger partial charge on any atom is -0.398 e. The van der Waals surface area contributed by atoms with E-state index in [0.717, 1.165) is 22.3 Å². The first kappa shape index (κ1) is 18.1. The first-order chi connectivity index (χ1) is 13.1. The fraction of sp³-hybridized carbons (Fsp3) is 0.0455. The lowest BCUT2D eigenvalue weighted by atomic mass is 10.0. The molecule has 0 unspecified atom stereocenters. The third-order valence-corrected chi connectivity index (χ3v) is 4.03. The summed E-state index contributed by atoms with van der Waals surface area (Å²) in [7, 11) is 0. The second kappa shape index (κ2) is 8.58. The van der Waals surface area contributed by atoms with Gasteiger partial charge in [0.05, 0.1) is 12.1 Å². The molecule has 2 aromatic carbocycles. The van der Waals surface area contributed by atoms with Crippen molar-refractivity contribution in [2.24, 2.45) is 16.5 Å². The lowest BCUT2D eigenvalue weighted by Crippen LogP contribution is -2.11. The molecule has 0 saturated heterocycles. The van der Waals surface area contributed by atoms with Gasteiger partial charge in [0.2, 0.25) is 5.91 Å². The number of aromatic nitrogens is 1. The predicted octanol–water partition coefficient (Wildman–Crippen LogP) is 3.42. The topological polar surface area (TPSA) is 94.4 Å². The SMILES string of the molecule is NC(=O)c1cncc(-c2cccc(C(N)=CC=NCc3ccccc3)c2)c1. The molecule has 1 amide bonds. The van der Waals surface area contributed by atoms with E-state index in [-0.39, 0.29) is 0 Å². The van der Waals surface area contributed by atoms with E-state index in [0.29, 0.717) is 17.8 Å². The summed E-state index contributed by atoms with van der Waals surface area (Å²) in [5.41, 5.74) is 16.2. The number of nitrogens with zero attached hydrogens (tertiary/aromatic N) is 2. The molecule has 0 spiro atoms. The van der Waals surface area contributed by atoms with Gasteiger partial charge in [0, 0.05) is 29.9 Å². The smallest absolute Gasteiger partial charge is 0.250 e. The fourth-order valence-corrected chi connectivity index (χ4v) is 2.58. The highest BCUT2D eigenvalue weighted by molar-refractivity contribution is 5.93. The lowest BCUT2D eigenvalue weighted by Gasteiger charge is -2.06. The largest absolute Gasteiger partial charge is 0.398 e. The summed E-state index contributed by atoms with van der Waals surface area (Å²) in [5, 5.41) is 0. The second-order valence-corrected chi connectivity index (χ2v) is 6.00. The zero-order valence-corrected chi connectivity index (χ0v) is 14.7. The van der Waals surface area contributed by atoms with Crippen LogP contribution in [0.25, 0.3) is 16.8 Å². The number of pyridine rings is 1. The van der Waals surface area contributed by atoms with E-state index in [2.05, 4.69) is 9.98 Å². The van der Waals surface area contributed by atoms with Crippen molar-refractivity contribution in [2.45, 2.75) is 6.54 Å². The molecular weight excluding hydrogens is 336 g/mol. The van der Waals surface area contributed by atoms with Crippen LogP contribution in [-0.4, -0.2) is 17.1 Å². The minimum absolute atomic E-state index is 0.370. The van der Waals surface area contributed by atoms with Gasteiger partial charge in [-0.2, -0.15) is 0 Å². The van der Waals surface area contributed by atoms with Gasteiger partial charge in [-0.1, -0.05) is 48.5 Å². The van der Waals surface area contributed by atoms with Gasteiger partial charge in [0.15, 0.2) is 0 Å². The van der Waals surface area contributed by atoms with E-state index in [4.69, 9.17) is 11.5 Å². The average Bonchev–Trinajstić information content (AvgIpc) is 2.72. The Morgan fingerprint density at radius 2 is 1.70 bits per heavy atom. The number of hydrogen-bond donors (Lipinski definition) is 2. The van der Waals surface area contributed by atoms with E-state index in [1.165, 1.54) is 6.20 Å². The quantitative estimate of drug-likeness (QED) is 0.663. The van der Waals surface area contributed by atoms with Crippen LogP contribution in [0.5, 0.6) is 0 Å². The van der Waals surface area contributed by atoms with Crippen LogP contribution in [0.3, 0.4) is 0 Å². The molecule has 0 atom stereocenters. The molecule has 27 heavy (non-hydrogen) atoms. The maximum Gasteiger partial charge on any atom is 0.250 e. The minimum atomic E-state index is -0.505. The molecule has 1 aromatic heterocycles. The summed E-state index contributed by atoms with van der Waals surface area (Å²) in [6.07, 6.45) is 6.63. The Labute approximate surface area is 158 Å². The summed E-state index contributed by atoms with van der Waals surface area (Å²) in [6.45, 7) is 0.607. The number of hydrogen-bond acceptors (Lipinski definition) is 4. The number of carbonyl (C=O) groups is 1. The van der Waals surface area contributed by atoms with Crippen LogP contribution >= 0.6 is 0 Å². The number of aliphatic imine (C=N–C) groups is 1. The molecule has 4 N–H and O–H groups in total. The monoisotopic (exact) mass is 356 g/mol. The highest BCUT2D eigenvalue weighted by atomic mass is 16.1. The summed E-state index contributed by atoms with van der Waals surface area (Å²) >= 11 is 0. The van der Waals surface area contributed by atoms with Gasteiger partial charge in [-0.25, -0.2) is 0 Å². The summed E-state index contributed by atoms with van der Waals surface area (Å²) in [6, 6.07) is 19.4. The molecule has 0 radical (unpaired) electrons. The predicted molar refractivity (Wildman–Crippen MR) is 109 cm³/mol. The van der Waals surface area contributed by atoms with Gasteiger partial charge in [-0.15, -0.1) is 0 Å². The number of allylic oxidation sites excluding steroid dienone is 1. The van der Waals surface area contributed by atoms with Crippen molar-refractivity contribution in [2.75, 3.05) is 0 Å². The first-order valence-electron chi connectivity index (χ1n) is 8.48. The number of nitrogens with two attached hydrogens (primary N) is 2. The molecule has 0 aliphatic carbocycles. The van der Waals surface area contributed by atoms with Gasteiger partial charge in [-0.3, -0.25) is 14.8 Å². The molecule has 0 bridgehead atoms. The van der Waals surface area contributed by atoms with E-state index >= 15 is 0 Å². The first-order valence-corrected chi connectivity index (χ1v) is 8.48. The van der Waals surface area contributed by atoms with Crippen LogP contribution in [0, 0.1) is 0 Å². The van der Waals surface area contributed by atoms with Crippen molar-refractivity contribution in [3.05, 3.63) is 95.8 Å². The van der Waals surface area contributed by atoms with Crippen molar-refractivity contribution in [3.63, 3.8) is 0 Å². The molecule has 1 heterocycles. The maximum absolute atomic E-state index is 11.3. The van der Waals surface area contributed by atoms with Gasteiger partial charge in [0.25, 0.3) is 0 Å². The zero-order valence-electron chi connectivity index (χ0n) is 14.7. The van der Waals surface area contributed by atoms with Gasteiger partial charge in [0.1, 0.15) is 0 Å². The Hall–Kier alpha value is -3.73. The van der Waals surface area contributed by atoms with Crippen molar-refractivity contribution in [1.29, 1.82) is 0 Å². The Bertz CT molecular complexity index is 994. The highest BCUT2D eigenvalue weighted by Crippen LogP contribution is 2.22. The molecule has 0 aliphatic heterocycles. The molecule has 5 nitrogen and oxygen atoms in total.